The molecule has 1 aromatic rings. The van der Waals surface area contributed by atoms with Crippen LogP contribution in [0.3, 0.4) is 0 Å². The van der Waals surface area contributed by atoms with Crippen LogP contribution in [0.2, 0.25) is 0 Å². The second-order valence-electron chi connectivity index (χ2n) is 6.37. The molecule has 22 heavy (non-hydrogen) atoms. The third-order valence-electron chi connectivity index (χ3n) is 5.02. The largest absolute Gasteiger partial charge is 0.497 e. The molecule has 0 heterocycles. The summed E-state index contributed by atoms with van der Waals surface area (Å²) in [6.07, 6.45) is 4.89. The molecular formula is C19H22O3. The number of ketones is 1. The van der Waals surface area contributed by atoms with Gasteiger partial charge >= 0.3 is 0 Å². The van der Waals surface area contributed by atoms with E-state index in [1.165, 1.54) is 0 Å². The van der Waals surface area contributed by atoms with E-state index in [0.29, 0.717) is 18.6 Å². The number of hydrogen-bond acceptors (Lipinski definition) is 3. The summed E-state index contributed by atoms with van der Waals surface area (Å²) in [7, 11) is 1.62. The number of carbonyl (C=O) groups is 1. The van der Waals surface area contributed by atoms with Crippen LogP contribution in [0.1, 0.15) is 44.1 Å². The molecule has 0 bridgehead atoms. The van der Waals surface area contributed by atoms with Crippen LogP contribution in [-0.2, 0) is 4.79 Å². The van der Waals surface area contributed by atoms with E-state index < -0.39 is 5.60 Å². The van der Waals surface area contributed by atoms with Crippen molar-refractivity contribution in [3.63, 3.8) is 0 Å². The number of hydrogen-bond donors (Lipinski definition) is 1. The fourth-order valence-electron chi connectivity index (χ4n) is 3.85. The van der Waals surface area contributed by atoms with E-state index in [0.717, 1.165) is 37.0 Å². The van der Waals surface area contributed by atoms with Crippen LogP contribution in [0.5, 0.6) is 5.75 Å². The van der Waals surface area contributed by atoms with Crippen LogP contribution in [0.15, 0.2) is 24.3 Å². The van der Waals surface area contributed by atoms with Crippen LogP contribution in [0.25, 0.3) is 0 Å². The van der Waals surface area contributed by atoms with Gasteiger partial charge < -0.3 is 9.84 Å². The lowest BCUT2D eigenvalue weighted by molar-refractivity contribution is -0.135. The number of benzene rings is 1. The summed E-state index contributed by atoms with van der Waals surface area (Å²) >= 11 is 0. The first kappa shape index (κ1) is 15.1. The number of aliphatic hydroxyl groups is 1. The van der Waals surface area contributed by atoms with Crippen LogP contribution < -0.4 is 4.74 Å². The second-order valence-corrected chi connectivity index (χ2v) is 6.37. The Bertz CT molecular complexity index is 625. The predicted octanol–water partition coefficient (Wildman–Crippen LogP) is 2.95. The fraction of sp³-hybridized carbons (Fsp3) is 0.526. The third-order valence-corrected chi connectivity index (χ3v) is 5.02. The zero-order chi connectivity index (χ0) is 15.6. The number of Topliss-reactive ketones (excluding diaryl/α,β-unsaturated/α-hetero) is 1. The molecule has 2 saturated carbocycles. The van der Waals surface area contributed by atoms with E-state index >= 15 is 0 Å². The fourth-order valence-corrected chi connectivity index (χ4v) is 3.85. The molecule has 3 rings (SSSR count). The number of fused-ring (bicyclic) bond motifs is 1. The monoisotopic (exact) mass is 298 g/mol. The van der Waals surface area contributed by atoms with Gasteiger partial charge in [-0.25, -0.2) is 0 Å². The predicted molar refractivity (Wildman–Crippen MR) is 84.5 cm³/mol. The molecule has 0 saturated heterocycles. The van der Waals surface area contributed by atoms with Gasteiger partial charge in [0.25, 0.3) is 0 Å². The average molecular weight is 298 g/mol. The van der Waals surface area contributed by atoms with Gasteiger partial charge in [-0.15, -0.1) is 0 Å². The number of methoxy groups -OCH3 is 1. The highest BCUT2D eigenvalue weighted by Gasteiger charge is 2.47. The third kappa shape index (κ3) is 2.89. The van der Waals surface area contributed by atoms with Gasteiger partial charge in [0.05, 0.1) is 7.11 Å². The van der Waals surface area contributed by atoms with Gasteiger partial charge in [-0.3, -0.25) is 4.79 Å². The lowest BCUT2D eigenvalue weighted by atomic mass is 9.63. The zero-order valence-corrected chi connectivity index (χ0v) is 13.0. The molecule has 0 radical (unpaired) electrons. The Hall–Kier alpha value is -1.79. The quantitative estimate of drug-likeness (QED) is 0.811. The molecule has 0 aliphatic heterocycles. The molecule has 3 heteroatoms. The van der Waals surface area contributed by atoms with E-state index in [2.05, 4.69) is 11.8 Å². The van der Waals surface area contributed by atoms with Crippen LogP contribution in [0.4, 0.5) is 0 Å². The molecule has 3 unspecified atom stereocenters. The smallest absolute Gasteiger partial charge is 0.136 e. The van der Waals surface area contributed by atoms with Crippen molar-refractivity contribution in [2.45, 2.75) is 44.1 Å². The van der Waals surface area contributed by atoms with Crippen molar-refractivity contribution < 1.29 is 14.6 Å². The van der Waals surface area contributed by atoms with E-state index in [1.54, 1.807) is 7.11 Å². The summed E-state index contributed by atoms with van der Waals surface area (Å²) in [6, 6.07) is 7.53. The first-order valence-electron chi connectivity index (χ1n) is 8.05. The van der Waals surface area contributed by atoms with Gasteiger partial charge in [-0.05, 0) is 50.3 Å². The maximum absolute atomic E-state index is 12.1. The molecule has 3 atom stereocenters. The molecule has 3 nitrogen and oxygen atoms in total. The number of carbonyl (C=O) groups excluding carboxylic acids is 1. The highest BCUT2D eigenvalue weighted by Crippen LogP contribution is 2.44. The minimum absolute atomic E-state index is 0.000563. The summed E-state index contributed by atoms with van der Waals surface area (Å²) in [6.45, 7) is 0. The molecule has 0 aromatic heterocycles. The van der Waals surface area contributed by atoms with Gasteiger partial charge in [-0.2, -0.15) is 0 Å². The van der Waals surface area contributed by atoms with Gasteiger partial charge in [0, 0.05) is 23.8 Å². The number of rotatable bonds is 1. The molecule has 0 amide bonds. The standard InChI is InChI=1S/C19H22O3/c1-22-15-6-2-5-14(13-15)10-12-19(21)11-4-7-16-17(19)8-3-9-18(16)20/h2,5-6,13,16-17,21H,3-4,7-9,11H2,1H3. The van der Waals surface area contributed by atoms with E-state index in [1.807, 2.05) is 24.3 Å². The lowest BCUT2D eigenvalue weighted by Gasteiger charge is -2.43. The Labute approximate surface area is 131 Å². The molecule has 0 spiro atoms. The summed E-state index contributed by atoms with van der Waals surface area (Å²) in [5, 5.41) is 11.0. The number of ether oxygens (including phenoxy) is 1. The normalized spacial score (nSPS) is 30.9. The van der Waals surface area contributed by atoms with Crippen molar-refractivity contribution >= 4 is 5.78 Å². The van der Waals surface area contributed by atoms with Crippen LogP contribution in [-0.4, -0.2) is 23.6 Å². The molecule has 2 fully saturated rings. The van der Waals surface area contributed by atoms with Crippen molar-refractivity contribution in [1.29, 1.82) is 0 Å². The van der Waals surface area contributed by atoms with Gasteiger partial charge in [0.2, 0.25) is 0 Å². The van der Waals surface area contributed by atoms with E-state index in [9.17, 15) is 9.90 Å². The Morgan fingerprint density at radius 2 is 2.18 bits per heavy atom. The van der Waals surface area contributed by atoms with Crippen molar-refractivity contribution in [3.8, 4) is 17.6 Å². The molecular weight excluding hydrogens is 276 g/mol. The van der Waals surface area contributed by atoms with E-state index in [4.69, 9.17) is 4.74 Å². The minimum atomic E-state index is -1.03. The topological polar surface area (TPSA) is 46.5 Å². The Balaban J connectivity index is 1.86. The maximum Gasteiger partial charge on any atom is 0.136 e. The molecule has 2 aliphatic carbocycles. The minimum Gasteiger partial charge on any atom is -0.497 e. The maximum atomic E-state index is 12.1. The first-order chi connectivity index (χ1) is 10.6. The van der Waals surface area contributed by atoms with E-state index in [-0.39, 0.29) is 11.8 Å². The van der Waals surface area contributed by atoms with Crippen molar-refractivity contribution in [3.05, 3.63) is 29.8 Å². The average Bonchev–Trinajstić information content (AvgIpc) is 2.55. The second kappa shape index (κ2) is 6.14. The van der Waals surface area contributed by atoms with Crippen LogP contribution in [0, 0.1) is 23.7 Å². The van der Waals surface area contributed by atoms with Gasteiger partial charge in [0.15, 0.2) is 0 Å². The summed E-state index contributed by atoms with van der Waals surface area (Å²) in [5.74, 6) is 7.25. The van der Waals surface area contributed by atoms with Crippen molar-refractivity contribution in [2.75, 3.05) is 7.11 Å². The van der Waals surface area contributed by atoms with Crippen LogP contribution >= 0.6 is 0 Å². The Kier molecular flexibility index (Phi) is 4.22. The zero-order valence-electron chi connectivity index (χ0n) is 13.0. The Morgan fingerprint density at radius 3 is 3.00 bits per heavy atom. The lowest BCUT2D eigenvalue weighted by Crippen LogP contribution is -2.48. The van der Waals surface area contributed by atoms with Gasteiger partial charge in [-0.1, -0.05) is 17.9 Å². The molecule has 116 valence electrons. The van der Waals surface area contributed by atoms with Gasteiger partial charge in [0.1, 0.15) is 17.1 Å². The molecule has 1 aromatic carbocycles. The molecule has 2 aliphatic rings. The highest BCUT2D eigenvalue weighted by molar-refractivity contribution is 5.82. The first-order valence-corrected chi connectivity index (χ1v) is 8.05. The highest BCUT2D eigenvalue weighted by atomic mass is 16.5. The van der Waals surface area contributed by atoms with Crippen molar-refractivity contribution in [1.82, 2.24) is 0 Å². The summed E-state index contributed by atoms with van der Waals surface area (Å²) < 4.78 is 5.20. The SMILES string of the molecule is COc1cccc(C#CC2(O)CCCC3C(=O)CCCC32)c1. The van der Waals surface area contributed by atoms with Crippen molar-refractivity contribution in [2.24, 2.45) is 11.8 Å². The summed E-state index contributed by atoms with van der Waals surface area (Å²) in [4.78, 5) is 12.1. The molecule has 1 N–H and O–H groups in total. The Morgan fingerprint density at radius 1 is 1.32 bits per heavy atom. The summed E-state index contributed by atoms with van der Waals surface area (Å²) in [5.41, 5.74) is -0.195.